The molecule has 0 spiro atoms. The van der Waals surface area contributed by atoms with E-state index in [0.29, 0.717) is 28.4 Å². The fraction of sp³-hybridized carbons (Fsp3) is 0.286. The Hall–Kier alpha value is -2.90. The van der Waals surface area contributed by atoms with Gasteiger partial charge in [0.25, 0.3) is 0 Å². The van der Waals surface area contributed by atoms with E-state index in [1.54, 1.807) is 18.2 Å². The first kappa shape index (κ1) is 20.8. The average Bonchev–Trinajstić information content (AvgIpc) is 3.17. The number of hydrogen-bond donors (Lipinski definition) is 3. The molecule has 1 aromatic heterocycles. The first-order chi connectivity index (χ1) is 14.1. The van der Waals surface area contributed by atoms with Crippen molar-refractivity contribution < 1.29 is 14.3 Å². The predicted molar refractivity (Wildman–Crippen MR) is 114 cm³/mol. The van der Waals surface area contributed by atoms with Gasteiger partial charge in [0.05, 0.1) is 18.2 Å². The van der Waals surface area contributed by atoms with Crippen LogP contribution in [0.4, 0.5) is 5.82 Å². The first-order valence-electron chi connectivity index (χ1n) is 9.41. The van der Waals surface area contributed by atoms with Gasteiger partial charge in [-0.15, -0.1) is 0 Å². The molecular weight excluding hydrogens is 392 g/mol. The van der Waals surface area contributed by atoms with Crippen molar-refractivity contribution >= 4 is 40.7 Å². The third kappa shape index (κ3) is 5.13. The van der Waals surface area contributed by atoms with Crippen LogP contribution in [0, 0.1) is 0 Å². The summed E-state index contributed by atoms with van der Waals surface area (Å²) in [4.78, 5) is 22.3. The van der Waals surface area contributed by atoms with Gasteiger partial charge in [0.1, 0.15) is 0 Å². The third-order valence-corrected chi connectivity index (χ3v) is 4.99. The number of H-pyrrole nitrogens is 1. The van der Waals surface area contributed by atoms with E-state index >= 15 is 0 Å². The molecule has 1 aliphatic heterocycles. The van der Waals surface area contributed by atoms with Crippen LogP contribution in [-0.2, 0) is 9.53 Å². The highest BCUT2D eigenvalue weighted by Gasteiger charge is 2.12. The van der Waals surface area contributed by atoms with Crippen molar-refractivity contribution in [2.24, 2.45) is 0 Å². The topological polar surface area (TPSA) is 96.1 Å². The largest absolute Gasteiger partial charge is 0.465 e. The summed E-state index contributed by atoms with van der Waals surface area (Å²) in [6.07, 6.45) is 4.78. The van der Waals surface area contributed by atoms with Crippen molar-refractivity contribution in [3.05, 3.63) is 47.0 Å². The highest BCUT2D eigenvalue weighted by Crippen LogP contribution is 2.32. The summed E-state index contributed by atoms with van der Waals surface area (Å²) < 4.78 is 4.73. The van der Waals surface area contributed by atoms with E-state index in [1.165, 1.54) is 39.5 Å². The fourth-order valence-electron chi connectivity index (χ4n) is 3.14. The minimum Gasteiger partial charge on any atom is -0.465 e. The lowest BCUT2D eigenvalue weighted by Gasteiger charge is -2.08. The molecule has 0 aliphatic carbocycles. The molecule has 3 aromatic rings. The molecule has 3 N–H and O–H groups in total. The Balaban J connectivity index is 0.000000343. The number of nitrogens with one attached hydrogen (secondary N) is 3. The minimum absolute atomic E-state index is 0.408. The van der Waals surface area contributed by atoms with Crippen LogP contribution < -0.4 is 10.6 Å². The van der Waals surface area contributed by atoms with E-state index in [4.69, 9.17) is 16.3 Å². The molecule has 0 saturated carbocycles. The summed E-state index contributed by atoms with van der Waals surface area (Å²) in [7, 11) is 1.32. The molecule has 0 bridgehead atoms. The van der Waals surface area contributed by atoms with E-state index in [2.05, 4.69) is 20.8 Å². The number of carbonyl (C=O) groups excluding carboxylic acids is 2. The van der Waals surface area contributed by atoms with Gasteiger partial charge in [0.2, 0.25) is 6.41 Å². The average molecular weight is 415 g/mol. The van der Waals surface area contributed by atoms with Crippen LogP contribution in [0.2, 0.25) is 5.02 Å². The van der Waals surface area contributed by atoms with Gasteiger partial charge < -0.3 is 15.4 Å². The zero-order chi connectivity index (χ0) is 20.6. The zero-order valence-corrected chi connectivity index (χ0v) is 16.9. The lowest BCUT2D eigenvalue weighted by Crippen LogP contribution is -2.21. The van der Waals surface area contributed by atoms with Crippen LogP contribution in [0.1, 0.15) is 29.6 Å². The van der Waals surface area contributed by atoms with Gasteiger partial charge in [-0.3, -0.25) is 9.89 Å². The van der Waals surface area contributed by atoms with Gasteiger partial charge in [0.15, 0.2) is 5.82 Å². The predicted octanol–water partition coefficient (Wildman–Crippen LogP) is 4.00. The lowest BCUT2D eigenvalue weighted by atomic mass is 10.0. The number of ether oxygens (including phenoxy) is 1. The van der Waals surface area contributed by atoms with Gasteiger partial charge >= 0.3 is 5.97 Å². The molecule has 0 unspecified atom stereocenters. The van der Waals surface area contributed by atoms with E-state index in [0.717, 1.165) is 16.5 Å². The molecule has 4 rings (SSSR count). The summed E-state index contributed by atoms with van der Waals surface area (Å²) in [6.45, 7) is 2.50. The maximum absolute atomic E-state index is 11.7. The SMILES string of the molecule is C1CCNCC1.COC(=O)c1ccc(Cl)c(-c2ccc3[nH]nc(NC=O)c3c2)c1. The van der Waals surface area contributed by atoms with Crippen molar-refractivity contribution in [2.75, 3.05) is 25.5 Å². The molecule has 1 aliphatic rings. The Morgan fingerprint density at radius 1 is 1.17 bits per heavy atom. The second-order valence-electron chi connectivity index (χ2n) is 6.59. The van der Waals surface area contributed by atoms with Crippen LogP contribution >= 0.6 is 11.6 Å². The normalized spacial score (nSPS) is 13.3. The molecule has 7 nitrogen and oxygen atoms in total. The highest BCUT2D eigenvalue weighted by molar-refractivity contribution is 6.33. The number of carbonyl (C=O) groups is 2. The smallest absolute Gasteiger partial charge is 0.337 e. The van der Waals surface area contributed by atoms with E-state index in [1.807, 2.05) is 18.2 Å². The van der Waals surface area contributed by atoms with Crippen LogP contribution in [0.15, 0.2) is 36.4 Å². The Kier molecular flexibility index (Phi) is 7.21. The number of aromatic nitrogens is 2. The summed E-state index contributed by atoms with van der Waals surface area (Å²) in [6, 6.07) is 10.4. The van der Waals surface area contributed by atoms with Crippen LogP contribution in [0.3, 0.4) is 0 Å². The molecule has 0 radical (unpaired) electrons. The molecule has 152 valence electrons. The number of methoxy groups -OCH3 is 1. The van der Waals surface area contributed by atoms with Gasteiger partial charge in [-0.1, -0.05) is 24.1 Å². The maximum Gasteiger partial charge on any atom is 0.337 e. The molecule has 2 heterocycles. The number of benzene rings is 2. The monoisotopic (exact) mass is 414 g/mol. The summed E-state index contributed by atoms with van der Waals surface area (Å²) in [5, 5.41) is 13.9. The highest BCUT2D eigenvalue weighted by atomic mass is 35.5. The van der Waals surface area contributed by atoms with Crippen LogP contribution in [0.25, 0.3) is 22.0 Å². The second kappa shape index (κ2) is 10.0. The fourth-order valence-corrected chi connectivity index (χ4v) is 3.37. The number of rotatable bonds is 4. The van der Waals surface area contributed by atoms with Crippen molar-refractivity contribution in [3.8, 4) is 11.1 Å². The van der Waals surface area contributed by atoms with E-state index in [-0.39, 0.29) is 0 Å². The number of anilines is 1. The Morgan fingerprint density at radius 2 is 1.97 bits per heavy atom. The molecular formula is C21H23ClN4O3. The maximum atomic E-state index is 11.7. The number of fused-ring (bicyclic) bond motifs is 1. The number of amides is 1. The number of nitrogens with zero attached hydrogens (tertiary/aromatic N) is 1. The third-order valence-electron chi connectivity index (χ3n) is 4.66. The Labute approximate surface area is 173 Å². The van der Waals surface area contributed by atoms with Gasteiger partial charge in [0, 0.05) is 16.0 Å². The number of esters is 1. The molecule has 29 heavy (non-hydrogen) atoms. The van der Waals surface area contributed by atoms with Crippen molar-refractivity contribution in [1.29, 1.82) is 0 Å². The molecule has 2 aromatic carbocycles. The molecule has 1 amide bonds. The molecule has 1 saturated heterocycles. The molecule has 8 heteroatoms. The van der Waals surface area contributed by atoms with Crippen LogP contribution in [0.5, 0.6) is 0 Å². The van der Waals surface area contributed by atoms with Crippen molar-refractivity contribution in [3.63, 3.8) is 0 Å². The number of hydrogen-bond acceptors (Lipinski definition) is 5. The van der Waals surface area contributed by atoms with Gasteiger partial charge in [-0.05, 0) is 61.8 Å². The Bertz CT molecular complexity index is 987. The number of aromatic amines is 1. The van der Waals surface area contributed by atoms with Crippen LogP contribution in [-0.4, -0.2) is 42.8 Å². The quantitative estimate of drug-likeness (QED) is 0.443. The minimum atomic E-state index is -0.435. The van der Waals surface area contributed by atoms with E-state index < -0.39 is 5.97 Å². The van der Waals surface area contributed by atoms with E-state index in [9.17, 15) is 9.59 Å². The molecule has 1 fully saturated rings. The summed E-state index contributed by atoms with van der Waals surface area (Å²) >= 11 is 6.26. The van der Waals surface area contributed by atoms with Crippen molar-refractivity contribution in [2.45, 2.75) is 19.3 Å². The summed E-state index contributed by atoms with van der Waals surface area (Å²) in [5.41, 5.74) is 2.67. The van der Waals surface area contributed by atoms with Crippen molar-refractivity contribution in [1.82, 2.24) is 15.5 Å². The van der Waals surface area contributed by atoms with Gasteiger partial charge in [-0.25, -0.2) is 4.79 Å². The number of piperidine rings is 1. The summed E-state index contributed by atoms with van der Waals surface area (Å²) in [5.74, 6) is -0.00675. The molecule has 0 atom stereocenters. The van der Waals surface area contributed by atoms with Gasteiger partial charge in [-0.2, -0.15) is 5.10 Å². The zero-order valence-electron chi connectivity index (χ0n) is 16.1. The first-order valence-corrected chi connectivity index (χ1v) is 9.79. The lowest BCUT2D eigenvalue weighted by molar-refractivity contribution is -0.105. The second-order valence-corrected chi connectivity index (χ2v) is 7.00. The standard InChI is InChI=1S/C16H12ClN3O3.C5H11N/c1-23-16(22)10-2-4-13(17)11(7-10)9-3-5-14-12(6-9)15(18-8-21)20-19-14;1-2-4-6-5-3-1/h2-8H,1H3,(H2,18,19,20,21);6H,1-5H2. The number of halogens is 1. The Morgan fingerprint density at radius 3 is 2.59 bits per heavy atom.